The highest BCUT2D eigenvalue weighted by Crippen LogP contribution is 2.32. The standard InChI is InChI=1S/C15H14ClF2NO3/c1-2-22-12(21)6-5-11(20)9-7-10(19-8-3-4-8)15(18)13(16)14(9)17/h5-8,19H,2-4H2,1H3/b6-5+. The van der Waals surface area contributed by atoms with Crippen LogP contribution < -0.4 is 5.32 Å². The molecule has 0 amide bonds. The van der Waals surface area contributed by atoms with E-state index < -0.39 is 34.0 Å². The van der Waals surface area contributed by atoms with Crippen molar-refractivity contribution in [1.82, 2.24) is 0 Å². The average Bonchev–Trinajstić information content (AvgIpc) is 3.29. The first-order valence-corrected chi connectivity index (χ1v) is 7.15. The van der Waals surface area contributed by atoms with Crippen molar-refractivity contribution in [2.45, 2.75) is 25.8 Å². The Morgan fingerprint density at radius 2 is 2.05 bits per heavy atom. The molecule has 1 saturated carbocycles. The lowest BCUT2D eigenvalue weighted by Gasteiger charge is -2.10. The fourth-order valence-electron chi connectivity index (χ4n) is 1.76. The van der Waals surface area contributed by atoms with Crippen LogP contribution in [0.4, 0.5) is 14.5 Å². The highest BCUT2D eigenvalue weighted by molar-refractivity contribution is 6.31. The van der Waals surface area contributed by atoms with Crippen molar-refractivity contribution in [3.8, 4) is 0 Å². The molecule has 1 aromatic rings. The fourth-order valence-corrected chi connectivity index (χ4v) is 1.96. The molecule has 0 unspecified atom stereocenters. The number of anilines is 1. The molecular weight excluding hydrogens is 316 g/mol. The molecule has 118 valence electrons. The number of carbonyl (C=O) groups is 2. The highest BCUT2D eigenvalue weighted by Gasteiger charge is 2.26. The maximum atomic E-state index is 13.9. The van der Waals surface area contributed by atoms with Crippen LogP contribution in [0.1, 0.15) is 30.1 Å². The molecule has 1 aromatic carbocycles. The lowest BCUT2D eigenvalue weighted by Crippen LogP contribution is -2.09. The van der Waals surface area contributed by atoms with E-state index in [0.29, 0.717) is 0 Å². The Hall–Kier alpha value is -1.95. The normalized spacial score (nSPS) is 14.2. The summed E-state index contributed by atoms with van der Waals surface area (Å²) in [6.07, 6.45) is 3.50. The number of hydrogen-bond donors (Lipinski definition) is 1. The Labute approximate surface area is 131 Å². The number of ether oxygens (including phenoxy) is 1. The number of benzene rings is 1. The van der Waals surface area contributed by atoms with Crippen LogP contribution in [0.25, 0.3) is 0 Å². The molecule has 1 aliphatic carbocycles. The molecule has 0 aromatic heterocycles. The summed E-state index contributed by atoms with van der Waals surface area (Å²) in [6, 6.07) is 1.17. The van der Waals surface area contributed by atoms with E-state index in [1.807, 2.05) is 0 Å². The van der Waals surface area contributed by atoms with Gasteiger partial charge in [-0.05, 0) is 31.9 Å². The van der Waals surface area contributed by atoms with E-state index in [2.05, 4.69) is 10.1 Å². The number of ketones is 1. The minimum absolute atomic E-state index is 0.0261. The van der Waals surface area contributed by atoms with Gasteiger partial charge in [0.05, 0.1) is 17.9 Å². The first-order valence-electron chi connectivity index (χ1n) is 6.77. The van der Waals surface area contributed by atoms with Gasteiger partial charge in [-0.3, -0.25) is 4.79 Å². The fraction of sp³-hybridized carbons (Fsp3) is 0.333. The number of nitrogens with one attached hydrogen (secondary N) is 1. The van der Waals surface area contributed by atoms with Crippen LogP contribution in [-0.4, -0.2) is 24.4 Å². The van der Waals surface area contributed by atoms with Gasteiger partial charge in [-0.1, -0.05) is 11.6 Å². The second kappa shape index (κ2) is 6.87. The summed E-state index contributed by atoms with van der Waals surface area (Å²) < 4.78 is 32.4. The molecule has 4 nitrogen and oxygen atoms in total. The van der Waals surface area contributed by atoms with Gasteiger partial charge in [0.25, 0.3) is 0 Å². The number of halogens is 3. The van der Waals surface area contributed by atoms with Crippen LogP contribution in [0, 0.1) is 11.6 Å². The third-order valence-electron chi connectivity index (χ3n) is 3.01. The summed E-state index contributed by atoms with van der Waals surface area (Å²) in [5, 5.41) is 2.09. The second-order valence-electron chi connectivity index (χ2n) is 4.78. The Morgan fingerprint density at radius 1 is 1.36 bits per heavy atom. The van der Waals surface area contributed by atoms with Crippen LogP contribution in [-0.2, 0) is 9.53 Å². The van der Waals surface area contributed by atoms with Gasteiger partial charge in [0.15, 0.2) is 17.4 Å². The van der Waals surface area contributed by atoms with Gasteiger partial charge in [-0.15, -0.1) is 0 Å². The van der Waals surface area contributed by atoms with Gasteiger partial charge in [0.2, 0.25) is 0 Å². The molecule has 7 heteroatoms. The number of allylic oxidation sites excluding steroid dienone is 1. The first kappa shape index (κ1) is 16.4. The van der Waals surface area contributed by atoms with Gasteiger partial charge in [0.1, 0.15) is 5.02 Å². The molecule has 0 atom stereocenters. The summed E-state index contributed by atoms with van der Waals surface area (Å²) in [6.45, 7) is 1.77. The minimum Gasteiger partial charge on any atom is -0.463 e. The monoisotopic (exact) mass is 329 g/mol. The van der Waals surface area contributed by atoms with Crippen molar-refractivity contribution in [2.75, 3.05) is 11.9 Å². The second-order valence-corrected chi connectivity index (χ2v) is 5.16. The predicted molar refractivity (Wildman–Crippen MR) is 78.1 cm³/mol. The van der Waals surface area contributed by atoms with Crippen molar-refractivity contribution in [3.63, 3.8) is 0 Å². The maximum absolute atomic E-state index is 13.9. The lowest BCUT2D eigenvalue weighted by atomic mass is 10.1. The molecule has 0 radical (unpaired) electrons. The van der Waals surface area contributed by atoms with Crippen molar-refractivity contribution in [3.05, 3.63) is 40.4 Å². The molecule has 1 N–H and O–H groups in total. The number of carbonyl (C=O) groups excluding carboxylic acids is 2. The third kappa shape index (κ3) is 3.82. The van der Waals surface area contributed by atoms with Crippen LogP contribution >= 0.6 is 11.6 Å². The number of rotatable bonds is 6. The van der Waals surface area contributed by atoms with E-state index in [1.54, 1.807) is 6.92 Å². The quantitative estimate of drug-likeness (QED) is 0.376. The third-order valence-corrected chi connectivity index (χ3v) is 3.34. The van der Waals surface area contributed by atoms with Crippen LogP contribution in [0.2, 0.25) is 5.02 Å². The SMILES string of the molecule is CCOC(=O)/C=C/C(=O)c1cc(NC2CC2)c(F)c(Cl)c1F. The summed E-state index contributed by atoms with van der Waals surface area (Å²) in [4.78, 5) is 23.1. The van der Waals surface area contributed by atoms with Crippen LogP contribution in [0.5, 0.6) is 0 Å². The Morgan fingerprint density at radius 3 is 2.64 bits per heavy atom. The highest BCUT2D eigenvalue weighted by atomic mass is 35.5. The lowest BCUT2D eigenvalue weighted by molar-refractivity contribution is -0.137. The zero-order valence-corrected chi connectivity index (χ0v) is 12.5. The maximum Gasteiger partial charge on any atom is 0.330 e. The smallest absolute Gasteiger partial charge is 0.330 e. The molecular formula is C15H14ClF2NO3. The summed E-state index contributed by atoms with van der Waals surface area (Å²) in [7, 11) is 0. The van der Waals surface area contributed by atoms with Gasteiger partial charge in [-0.2, -0.15) is 0 Å². The molecule has 1 aliphatic rings. The molecule has 1 fully saturated rings. The Balaban J connectivity index is 2.27. The van der Waals surface area contributed by atoms with Gasteiger partial charge >= 0.3 is 5.97 Å². The van der Waals surface area contributed by atoms with E-state index >= 15 is 0 Å². The van der Waals surface area contributed by atoms with E-state index in [1.165, 1.54) is 0 Å². The molecule has 0 saturated heterocycles. The molecule has 0 aliphatic heterocycles. The van der Waals surface area contributed by atoms with E-state index in [0.717, 1.165) is 31.1 Å². The van der Waals surface area contributed by atoms with Gasteiger partial charge < -0.3 is 10.1 Å². The number of esters is 1. The number of hydrogen-bond acceptors (Lipinski definition) is 4. The summed E-state index contributed by atoms with van der Waals surface area (Å²) in [5.74, 6) is -3.61. The molecule has 0 spiro atoms. The van der Waals surface area contributed by atoms with Crippen molar-refractivity contribution in [1.29, 1.82) is 0 Å². The largest absolute Gasteiger partial charge is 0.463 e. The Kier molecular flexibility index (Phi) is 5.13. The van der Waals surface area contributed by atoms with E-state index in [4.69, 9.17) is 11.6 Å². The van der Waals surface area contributed by atoms with E-state index in [9.17, 15) is 18.4 Å². The Bertz CT molecular complexity index is 642. The minimum atomic E-state index is -1.15. The molecule has 22 heavy (non-hydrogen) atoms. The zero-order valence-electron chi connectivity index (χ0n) is 11.8. The molecule has 0 heterocycles. The van der Waals surface area contributed by atoms with Gasteiger partial charge in [-0.25, -0.2) is 13.6 Å². The zero-order chi connectivity index (χ0) is 16.3. The van der Waals surface area contributed by atoms with Crippen molar-refractivity contribution < 1.29 is 23.1 Å². The average molecular weight is 330 g/mol. The molecule has 2 rings (SSSR count). The van der Waals surface area contributed by atoms with E-state index in [-0.39, 0.29) is 18.3 Å². The van der Waals surface area contributed by atoms with Crippen LogP contribution in [0.15, 0.2) is 18.2 Å². The molecule has 0 bridgehead atoms. The van der Waals surface area contributed by atoms with Crippen molar-refractivity contribution in [2.24, 2.45) is 0 Å². The topological polar surface area (TPSA) is 55.4 Å². The van der Waals surface area contributed by atoms with Crippen LogP contribution in [0.3, 0.4) is 0 Å². The summed E-state index contributed by atoms with van der Waals surface area (Å²) in [5.41, 5.74) is -0.433. The van der Waals surface area contributed by atoms with Crippen molar-refractivity contribution >= 4 is 29.0 Å². The first-order chi connectivity index (χ1) is 10.4. The van der Waals surface area contributed by atoms with Gasteiger partial charge in [0, 0.05) is 12.1 Å². The summed E-state index contributed by atoms with van der Waals surface area (Å²) >= 11 is 5.59. The predicted octanol–water partition coefficient (Wildman–Crippen LogP) is 3.49.